The van der Waals surface area contributed by atoms with E-state index in [4.69, 9.17) is 15.2 Å². The minimum absolute atomic E-state index is 0.417. The van der Waals surface area contributed by atoms with Crippen LogP contribution < -0.4 is 15.2 Å². The molecular formula is C15H15N5O2. The fraction of sp³-hybridized carbons (Fsp3) is 0.267. The van der Waals surface area contributed by atoms with Crippen molar-refractivity contribution >= 4 is 16.9 Å². The zero-order chi connectivity index (χ0) is 15.1. The Labute approximate surface area is 126 Å². The summed E-state index contributed by atoms with van der Waals surface area (Å²) >= 11 is 0. The van der Waals surface area contributed by atoms with Crippen molar-refractivity contribution in [3.05, 3.63) is 24.5 Å². The molecule has 0 aliphatic carbocycles. The number of aromatic nitrogens is 4. The van der Waals surface area contributed by atoms with E-state index in [1.165, 1.54) is 6.33 Å². The molecule has 1 aliphatic heterocycles. The molecule has 3 aromatic rings. The number of nitrogens with zero attached hydrogens (tertiary/aromatic N) is 4. The van der Waals surface area contributed by atoms with Gasteiger partial charge in [0.2, 0.25) is 0 Å². The molecule has 0 amide bonds. The molecular weight excluding hydrogens is 282 g/mol. The first-order valence-corrected chi connectivity index (χ1v) is 7.07. The maximum atomic E-state index is 6.01. The van der Waals surface area contributed by atoms with Crippen LogP contribution in [0.15, 0.2) is 24.5 Å². The molecule has 4 rings (SSSR count). The SMILES string of the molecule is Cn1nc(-c2ccc3c(c2)OCCCO3)c2c(N)ncnc21. The molecule has 0 fully saturated rings. The van der Waals surface area contributed by atoms with Crippen molar-refractivity contribution in [2.24, 2.45) is 7.05 Å². The maximum absolute atomic E-state index is 6.01. The number of anilines is 1. The topological polar surface area (TPSA) is 88.1 Å². The number of ether oxygens (including phenoxy) is 2. The van der Waals surface area contributed by atoms with Crippen molar-refractivity contribution < 1.29 is 9.47 Å². The number of nitrogen functional groups attached to an aromatic ring is 1. The zero-order valence-electron chi connectivity index (χ0n) is 12.1. The van der Waals surface area contributed by atoms with Gasteiger partial charge in [0.1, 0.15) is 17.8 Å². The van der Waals surface area contributed by atoms with Gasteiger partial charge in [0.05, 0.1) is 18.6 Å². The van der Waals surface area contributed by atoms with Crippen molar-refractivity contribution in [1.29, 1.82) is 0 Å². The molecule has 0 radical (unpaired) electrons. The summed E-state index contributed by atoms with van der Waals surface area (Å²) in [6.07, 6.45) is 2.31. The Morgan fingerprint density at radius 2 is 1.95 bits per heavy atom. The standard InChI is InChI=1S/C15H15N5O2/c1-20-15-12(14(16)17-8-18-15)13(19-20)9-3-4-10-11(7-9)22-6-2-5-21-10/h3-4,7-8H,2,5-6H2,1H3,(H2,16,17,18). The number of fused-ring (bicyclic) bond motifs is 2. The third kappa shape index (κ3) is 1.93. The highest BCUT2D eigenvalue weighted by Crippen LogP contribution is 2.36. The number of aryl methyl sites for hydroxylation is 1. The second-order valence-electron chi connectivity index (χ2n) is 5.14. The maximum Gasteiger partial charge on any atom is 0.163 e. The minimum atomic E-state index is 0.417. The first-order valence-electron chi connectivity index (χ1n) is 7.07. The van der Waals surface area contributed by atoms with Gasteiger partial charge in [0.25, 0.3) is 0 Å². The fourth-order valence-electron chi connectivity index (χ4n) is 2.62. The molecule has 1 aliphatic rings. The van der Waals surface area contributed by atoms with Crippen LogP contribution in [-0.2, 0) is 7.05 Å². The molecule has 0 saturated heterocycles. The van der Waals surface area contributed by atoms with Gasteiger partial charge < -0.3 is 15.2 Å². The van der Waals surface area contributed by atoms with Crippen LogP contribution in [0.2, 0.25) is 0 Å². The number of benzene rings is 1. The minimum Gasteiger partial charge on any atom is -0.490 e. The largest absolute Gasteiger partial charge is 0.490 e. The molecule has 0 saturated carbocycles. The van der Waals surface area contributed by atoms with Gasteiger partial charge in [0, 0.05) is 19.0 Å². The molecule has 2 N–H and O–H groups in total. The Morgan fingerprint density at radius 3 is 2.82 bits per heavy atom. The van der Waals surface area contributed by atoms with Gasteiger partial charge >= 0.3 is 0 Å². The molecule has 3 heterocycles. The summed E-state index contributed by atoms with van der Waals surface area (Å²) in [6, 6.07) is 5.77. The molecule has 0 atom stereocenters. The quantitative estimate of drug-likeness (QED) is 0.736. The lowest BCUT2D eigenvalue weighted by atomic mass is 10.1. The van der Waals surface area contributed by atoms with Crippen molar-refractivity contribution in [2.45, 2.75) is 6.42 Å². The molecule has 0 spiro atoms. The van der Waals surface area contributed by atoms with Crippen LogP contribution in [0.5, 0.6) is 11.5 Å². The number of hydrogen-bond donors (Lipinski definition) is 1. The van der Waals surface area contributed by atoms with Crippen molar-refractivity contribution in [3.8, 4) is 22.8 Å². The summed E-state index contributed by atoms with van der Waals surface area (Å²) in [4.78, 5) is 8.31. The molecule has 112 valence electrons. The third-order valence-corrected chi connectivity index (χ3v) is 3.67. The number of rotatable bonds is 1. The summed E-state index contributed by atoms with van der Waals surface area (Å²) in [5, 5.41) is 5.28. The average Bonchev–Trinajstić information content (AvgIpc) is 2.72. The molecule has 1 aromatic carbocycles. The van der Waals surface area contributed by atoms with Crippen LogP contribution in [-0.4, -0.2) is 33.0 Å². The van der Waals surface area contributed by atoms with Crippen LogP contribution in [0.1, 0.15) is 6.42 Å². The summed E-state index contributed by atoms with van der Waals surface area (Å²) < 4.78 is 13.1. The van der Waals surface area contributed by atoms with E-state index in [0.29, 0.717) is 24.7 Å². The Balaban J connectivity index is 1.91. The predicted molar refractivity (Wildman–Crippen MR) is 81.8 cm³/mol. The molecule has 7 heteroatoms. The second-order valence-corrected chi connectivity index (χ2v) is 5.14. The monoisotopic (exact) mass is 297 g/mol. The Hall–Kier alpha value is -2.83. The van der Waals surface area contributed by atoms with Crippen LogP contribution in [0, 0.1) is 0 Å². The van der Waals surface area contributed by atoms with Crippen LogP contribution >= 0.6 is 0 Å². The van der Waals surface area contributed by atoms with Gasteiger partial charge in [-0.2, -0.15) is 5.10 Å². The Kier molecular flexibility index (Phi) is 2.85. The molecule has 2 aromatic heterocycles. The lowest BCUT2D eigenvalue weighted by Gasteiger charge is -2.08. The molecule has 0 unspecified atom stereocenters. The fourth-order valence-corrected chi connectivity index (χ4v) is 2.62. The van der Waals surface area contributed by atoms with E-state index in [1.807, 2.05) is 25.2 Å². The summed E-state index contributed by atoms with van der Waals surface area (Å²) in [5.41, 5.74) is 8.35. The summed E-state index contributed by atoms with van der Waals surface area (Å²) in [5.74, 6) is 1.90. The highest BCUT2D eigenvalue weighted by Gasteiger charge is 2.18. The lowest BCUT2D eigenvalue weighted by molar-refractivity contribution is 0.297. The van der Waals surface area contributed by atoms with Gasteiger partial charge in [-0.3, -0.25) is 0 Å². The van der Waals surface area contributed by atoms with E-state index >= 15 is 0 Å². The first kappa shape index (κ1) is 12.9. The van der Waals surface area contributed by atoms with Crippen LogP contribution in [0.3, 0.4) is 0 Å². The highest BCUT2D eigenvalue weighted by molar-refractivity contribution is 5.98. The highest BCUT2D eigenvalue weighted by atomic mass is 16.5. The average molecular weight is 297 g/mol. The van der Waals surface area contributed by atoms with Gasteiger partial charge in [-0.05, 0) is 18.2 Å². The van der Waals surface area contributed by atoms with Gasteiger partial charge in [-0.1, -0.05) is 0 Å². The van der Waals surface area contributed by atoms with Crippen LogP contribution in [0.25, 0.3) is 22.3 Å². The van der Waals surface area contributed by atoms with Crippen LogP contribution in [0.4, 0.5) is 5.82 Å². The van der Waals surface area contributed by atoms with E-state index < -0.39 is 0 Å². The van der Waals surface area contributed by atoms with E-state index in [2.05, 4.69) is 15.1 Å². The Morgan fingerprint density at radius 1 is 1.14 bits per heavy atom. The summed E-state index contributed by atoms with van der Waals surface area (Å²) in [6.45, 7) is 1.31. The van der Waals surface area contributed by atoms with E-state index in [1.54, 1.807) is 4.68 Å². The van der Waals surface area contributed by atoms with Crippen molar-refractivity contribution in [1.82, 2.24) is 19.7 Å². The van der Waals surface area contributed by atoms with Gasteiger partial charge in [-0.25, -0.2) is 14.6 Å². The van der Waals surface area contributed by atoms with Gasteiger partial charge in [-0.15, -0.1) is 0 Å². The lowest BCUT2D eigenvalue weighted by Crippen LogP contribution is -1.97. The number of nitrogens with two attached hydrogens (primary N) is 1. The third-order valence-electron chi connectivity index (χ3n) is 3.67. The predicted octanol–water partition coefficient (Wildman–Crippen LogP) is 1.77. The molecule has 7 nitrogen and oxygen atoms in total. The van der Waals surface area contributed by atoms with Crippen molar-refractivity contribution in [3.63, 3.8) is 0 Å². The van der Waals surface area contributed by atoms with Crippen molar-refractivity contribution in [2.75, 3.05) is 18.9 Å². The molecule has 22 heavy (non-hydrogen) atoms. The zero-order valence-corrected chi connectivity index (χ0v) is 12.1. The summed E-state index contributed by atoms with van der Waals surface area (Å²) in [7, 11) is 1.83. The smallest absolute Gasteiger partial charge is 0.163 e. The van der Waals surface area contributed by atoms with Gasteiger partial charge in [0.15, 0.2) is 17.1 Å². The van der Waals surface area contributed by atoms with E-state index in [9.17, 15) is 0 Å². The second kappa shape index (κ2) is 4.87. The normalized spacial score (nSPS) is 14.0. The number of hydrogen-bond acceptors (Lipinski definition) is 6. The molecule has 0 bridgehead atoms. The van der Waals surface area contributed by atoms with E-state index in [-0.39, 0.29) is 0 Å². The first-order chi connectivity index (χ1) is 10.7. The Bertz CT molecular complexity index is 859. The van der Waals surface area contributed by atoms with E-state index in [0.717, 1.165) is 34.6 Å².